The molecule has 2 heterocycles. The van der Waals surface area contributed by atoms with Crippen LogP contribution in [0.25, 0.3) is 5.70 Å². The molecular weight excluding hydrogens is 538 g/mol. The Morgan fingerprint density at radius 1 is 1.12 bits per heavy atom. The molecular formula is C33H41N9O. The Balaban J connectivity index is 1.63. The van der Waals surface area contributed by atoms with E-state index in [4.69, 9.17) is 0 Å². The van der Waals surface area contributed by atoms with Crippen LogP contribution < -0.4 is 16.0 Å². The number of benzene rings is 2. The topological polar surface area (TPSA) is 135 Å². The monoisotopic (exact) mass is 579 g/mol. The van der Waals surface area contributed by atoms with Crippen LogP contribution in [0, 0.1) is 11.3 Å². The molecule has 0 radical (unpaired) electrons. The Hall–Kier alpha value is -4.49. The number of carbonyl (C=O) groups is 1. The molecule has 0 saturated carbocycles. The summed E-state index contributed by atoms with van der Waals surface area (Å²) in [5.41, 5.74) is 6.58. The smallest absolute Gasteiger partial charge is 0.251 e. The number of rotatable bonds is 10. The number of fused-ring (bicyclic) bond motifs is 2. The van der Waals surface area contributed by atoms with Crippen LogP contribution in [-0.2, 0) is 18.3 Å². The third-order valence-electron chi connectivity index (χ3n) is 8.95. The second-order valence-electron chi connectivity index (χ2n) is 12.2. The second kappa shape index (κ2) is 12.0. The van der Waals surface area contributed by atoms with Gasteiger partial charge in [0.1, 0.15) is 6.04 Å². The number of aromatic amines is 1. The van der Waals surface area contributed by atoms with E-state index in [0.29, 0.717) is 24.4 Å². The van der Waals surface area contributed by atoms with Crippen molar-refractivity contribution in [3.63, 3.8) is 0 Å². The molecule has 2 unspecified atom stereocenters. The lowest BCUT2D eigenvalue weighted by atomic mass is 9.65. The average molecular weight is 580 g/mol. The molecule has 1 aromatic heterocycles. The third-order valence-corrected chi connectivity index (χ3v) is 8.95. The fraction of sp³-hybridized carbons (Fsp3) is 0.424. The number of aromatic nitrogens is 4. The standard InChI is InChI=1S/C33H41N9O/c1-21(42-15-7-8-27(42)18-34)19-37-32(3,4)20-33(31-38-40-41-39-31)28-13-11-23(22(2)35-5)16-24(28)9-10-25-17-26(30(43)36-6)12-14-29(25)33/h11-14,16-17,27,35,37H,1-2,7-10,15,19-20H2,3-6H3,(H,36,43)(H,38,39,40,41). The molecule has 10 heteroatoms. The average Bonchev–Trinajstić information content (AvgIpc) is 3.72. The number of nitriles is 1. The summed E-state index contributed by atoms with van der Waals surface area (Å²) in [7, 11) is 3.52. The molecule has 43 heavy (non-hydrogen) atoms. The summed E-state index contributed by atoms with van der Waals surface area (Å²) in [5.74, 6) is 0.447. The highest BCUT2D eigenvalue weighted by Gasteiger charge is 2.48. The van der Waals surface area contributed by atoms with E-state index in [0.717, 1.165) is 65.9 Å². The number of amides is 1. The number of nitrogens with zero attached hydrogens (tertiary/aromatic N) is 5. The van der Waals surface area contributed by atoms with Crippen LogP contribution in [0.2, 0.25) is 0 Å². The zero-order valence-corrected chi connectivity index (χ0v) is 25.5. The van der Waals surface area contributed by atoms with Gasteiger partial charge in [-0.15, -0.1) is 10.2 Å². The molecule has 224 valence electrons. The maximum atomic E-state index is 12.7. The predicted octanol–water partition coefficient (Wildman–Crippen LogP) is 3.44. The van der Waals surface area contributed by atoms with Gasteiger partial charge < -0.3 is 20.9 Å². The van der Waals surface area contributed by atoms with Gasteiger partial charge in [0.25, 0.3) is 5.91 Å². The summed E-state index contributed by atoms with van der Waals surface area (Å²) in [6, 6.07) is 14.7. The highest BCUT2D eigenvalue weighted by molar-refractivity contribution is 5.94. The van der Waals surface area contributed by atoms with Gasteiger partial charge in [-0.3, -0.25) is 4.79 Å². The van der Waals surface area contributed by atoms with Gasteiger partial charge in [-0.25, -0.2) is 0 Å². The van der Waals surface area contributed by atoms with Crippen LogP contribution in [0.5, 0.6) is 0 Å². The number of hydrogen-bond donors (Lipinski definition) is 4. The third kappa shape index (κ3) is 5.65. The largest absolute Gasteiger partial charge is 0.388 e. The van der Waals surface area contributed by atoms with Crippen LogP contribution >= 0.6 is 0 Å². The maximum Gasteiger partial charge on any atom is 0.251 e. The van der Waals surface area contributed by atoms with Gasteiger partial charge in [-0.2, -0.15) is 10.5 Å². The van der Waals surface area contributed by atoms with Crippen molar-refractivity contribution in [2.24, 2.45) is 0 Å². The van der Waals surface area contributed by atoms with Gasteiger partial charge in [0.05, 0.1) is 11.5 Å². The zero-order chi connectivity index (χ0) is 30.8. The van der Waals surface area contributed by atoms with Crippen LogP contribution in [0.1, 0.15) is 77.1 Å². The van der Waals surface area contributed by atoms with Gasteiger partial charge in [-0.1, -0.05) is 36.6 Å². The van der Waals surface area contributed by atoms with Gasteiger partial charge >= 0.3 is 0 Å². The van der Waals surface area contributed by atoms with E-state index in [1.165, 1.54) is 5.56 Å². The Bertz CT molecular complexity index is 1500. The van der Waals surface area contributed by atoms with Crippen molar-refractivity contribution in [2.45, 2.75) is 62.9 Å². The Labute approximate surface area is 253 Å². The fourth-order valence-electron chi connectivity index (χ4n) is 6.77. The van der Waals surface area contributed by atoms with Crippen molar-refractivity contribution in [3.05, 3.63) is 94.5 Å². The first kappa shape index (κ1) is 30.0. The minimum absolute atomic E-state index is 0.125. The lowest BCUT2D eigenvalue weighted by Gasteiger charge is -2.41. The number of aryl methyl sites for hydroxylation is 2. The van der Waals surface area contributed by atoms with E-state index < -0.39 is 11.0 Å². The summed E-state index contributed by atoms with van der Waals surface area (Å²) in [4.78, 5) is 14.8. The summed E-state index contributed by atoms with van der Waals surface area (Å²) >= 11 is 0. The number of tetrazole rings is 1. The van der Waals surface area contributed by atoms with Gasteiger partial charge in [0.2, 0.25) is 0 Å². The van der Waals surface area contributed by atoms with Crippen molar-refractivity contribution >= 4 is 11.6 Å². The number of hydrogen-bond acceptors (Lipinski definition) is 8. The normalized spacial score (nSPS) is 19.5. The summed E-state index contributed by atoms with van der Waals surface area (Å²) < 4.78 is 0. The molecule has 1 saturated heterocycles. The first-order chi connectivity index (χ1) is 20.6. The van der Waals surface area contributed by atoms with Crippen LogP contribution in [0.15, 0.2) is 55.3 Å². The minimum atomic E-state index is -0.782. The summed E-state index contributed by atoms with van der Waals surface area (Å²) in [6.07, 6.45) is 3.99. The molecule has 3 aromatic rings. The molecule has 1 fully saturated rings. The van der Waals surface area contributed by atoms with Crippen LogP contribution in [0.4, 0.5) is 0 Å². The fourth-order valence-corrected chi connectivity index (χ4v) is 6.77. The summed E-state index contributed by atoms with van der Waals surface area (Å²) in [5, 5.41) is 35.2. The van der Waals surface area contributed by atoms with Gasteiger partial charge in [0, 0.05) is 49.7 Å². The van der Waals surface area contributed by atoms with E-state index in [9.17, 15) is 10.1 Å². The van der Waals surface area contributed by atoms with Crippen LogP contribution in [-0.4, -0.2) is 70.2 Å². The lowest BCUT2D eigenvalue weighted by Crippen LogP contribution is -2.49. The molecule has 2 aromatic carbocycles. The highest BCUT2D eigenvalue weighted by Crippen LogP contribution is 2.48. The van der Waals surface area contributed by atoms with Crippen LogP contribution in [0.3, 0.4) is 0 Å². The van der Waals surface area contributed by atoms with Crippen molar-refractivity contribution < 1.29 is 4.79 Å². The molecule has 10 nitrogen and oxygen atoms in total. The number of nitrogens with one attached hydrogen (secondary N) is 4. The Morgan fingerprint density at radius 2 is 1.79 bits per heavy atom. The molecule has 2 atom stereocenters. The van der Waals surface area contributed by atoms with E-state index in [1.54, 1.807) is 7.05 Å². The van der Waals surface area contributed by atoms with Gasteiger partial charge in [0.15, 0.2) is 5.82 Å². The Kier molecular flexibility index (Phi) is 8.38. The maximum absolute atomic E-state index is 12.7. The molecule has 0 bridgehead atoms. The second-order valence-corrected chi connectivity index (χ2v) is 12.2. The first-order valence-electron chi connectivity index (χ1n) is 14.8. The minimum Gasteiger partial charge on any atom is -0.388 e. The molecule has 5 rings (SSSR count). The molecule has 4 N–H and O–H groups in total. The molecule has 1 aliphatic heterocycles. The van der Waals surface area contributed by atoms with E-state index in [2.05, 4.69) is 98.8 Å². The van der Waals surface area contributed by atoms with Gasteiger partial charge in [-0.05, 0) is 92.0 Å². The van der Waals surface area contributed by atoms with Crippen molar-refractivity contribution in [1.29, 1.82) is 5.26 Å². The molecule has 2 aliphatic rings. The van der Waals surface area contributed by atoms with E-state index in [1.807, 2.05) is 19.2 Å². The van der Waals surface area contributed by atoms with Crippen molar-refractivity contribution in [3.8, 4) is 6.07 Å². The predicted molar refractivity (Wildman–Crippen MR) is 167 cm³/mol. The zero-order valence-electron chi connectivity index (χ0n) is 25.5. The first-order valence-corrected chi connectivity index (χ1v) is 14.8. The van der Waals surface area contributed by atoms with E-state index >= 15 is 0 Å². The highest BCUT2D eigenvalue weighted by atomic mass is 16.1. The summed E-state index contributed by atoms with van der Waals surface area (Å²) in [6.45, 7) is 14.3. The molecule has 0 spiro atoms. The quantitative estimate of drug-likeness (QED) is 0.287. The van der Waals surface area contributed by atoms with Crippen molar-refractivity contribution in [1.82, 2.24) is 41.5 Å². The Morgan fingerprint density at radius 3 is 2.40 bits per heavy atom. The number of carbonyl (C=O) groups excluding carboxylic acids is 1. The SMILES string of the molecule is C=C(NC)c1ccc2c(c1)CCc1cc(C(=O)NC)ccc1C2(CC(C)(C)NCC(=C)N1CCCC1C#N)c1nn[nH]n1. The van der Waals surface area contributed by atoms with E-state index in [-0.39, 0.29) is 11.9 Å². The molecule has 1 amide bonds. The van der Waals surface area contributed by atoms with Crippen molar-refractivity contribution in [2.75, 3.05) is 27.2 Å². The molecule has 1 aliphatic carbocycles. The number of H-pyrrole nitrogens is 1. The lowest BCUT2D eigenvalue weighted by molar-refractivity contribution is 0.0963. The number of likely N-dealkylation sites (tertiary alicyclic amines) is 1.